The second-order valence-electron chi connectivity index (χ2n) is 5.74. The summed E-state index contributed by atoms with van der Waals surface area (Å²) >= 11 is 0. The lowest BCUT2D eigenvalue weighted by atomic mass is 10.2. The van der Waals surface area contributed by atoms with Crippen LogP contribution >= 0.6 is 12.4 Å². The van der Waals surface area contributed by atoms with E-state index >= 15 is 0 Å². The van der Waals surface area contributed by atoms with Crippen molar-refractivity contribution in [2.45, 2.75) is 23.6 Å². The summed E-state index contributed by atoms with van der Waals surface area (Å²) in [6.07, 6.45) is 0. The third-order valence-electron chi connectivity index (χ3n) is 4.05. The molecule has 124 valence electrons. The van der Waals surface area contributed by atoms with Crippen molar-refractivity contribution in [3.05, 3.63) is 53.6 Å². The number of hydrogen-bond donors (Lipinski definition) is 1. The van der Waals surface area contributed by atoms with E-state index in [0.717, 1.165) is 47.2 Å². The monoisotopic (exact) mass is 350 g/mol. The quantitative estimate of drug-likeness (QED) is 0.921. The Morgan fingerprint density at radius 3 is 2.39 bits per heavy atom. The van der Waals surface area contributed by atoms with Crippen LogP contribution in [0, 0.1) is 13.8 Å². The van der Waals surface area contributed by atoms with Gasteiger partial charge in [0.1, 0.15) is 0 Å². The predicted octanol–water partition coefficient (Wildman–Crippen LogP) is 3.30. The van der Waals surface area contributed by atoms with Gasteiger partial charge in [-0.2, -0.15) is 0 Å². The van der Waals surface area contributed by atoms with Gasteiger partial charge in [0.25, 0.3) is 0 Å². The van der Waals surface area contributed by atoms with Gasteiger partial charge in [0.15, 0.2) is 0 Å². The molecule has 3 nitrogen and oxygen atoms in total. The number of rotatable bonds is 3. The SMILES string of the molecule is Cc1ccc(S(=O)c2ccccc2N2CCNCC2)c(C)c1.Cl. The molecule has 1 saturated heterocycles. The van der Waals surface area contributed by atoms with E-state index in [0.29, 0.717) is 0 Å². The first-order valence-electron chi connectivity index (χ1n) is 7.70. The number of para-hydroxylation sites is 1. The highest BCUT2D eigenvalue weighted by Crippen LogP contribution is 2.29. The summed E-state index contributed by atoms with van der Waals surface area (Å²) < 4.78 is 13.1. The number of hydrogen-bond acceptors (Lipinski definition) is 3. The molecular weight excluding hydrogens is 328 g/mol. The van der Waals surface area contributed by atoms with E-state index in [1.165, 1.54) is 5.56 Å². The van der Waals surface area contributed by atoms with Crippen molar-refractivity contribution in [2.75, 3.05) is 31.1 Å². The van der Waals surface area contributed by atoms with Gasteiger partial charge in [-0.25, -0.2) is 4.21 Å². The Labute approximate surface area is 147 Å². The number of aryl methyl sites for hydroxylation is 2. The van der Waals surface area contributed by atoms with E-state index in [-0.39, 0.29) is 12.4 Å². The number of nitrogens with one attached hydrogen (secondary N) is 1. The topological polar surface area (TPSA) is 32.3 Å². The molecule has 1 fully saturated rings. The summed E-state index contributed by atoms with van der Waals surface area (Å²) in [7, 11) is -1.14. The maximum atomic E-state index is 13.1. The smallest absolute Gasteiger partial charge is 0.0873 e. The van der Waals surface area contributed by atoms with E-state index in [1.807, 2.05) is 37.3 Å². The number of nitrogens with zero attached hydrogens (tertiary/aromatic N) is 1. The Morgan fingerprint density at radius 1 is 1.00 bits per heavy atom. The zero-order valence-electron chi connectivity index (χ0n) is 13.5. The fourth-order valence-electron chi connectivity index (χ4n) is 2.91. The summed E-state index contributed by atoms with van der Waals surface area (Å²) in [5, 5.41) is 3.36. The van der Waals surface area contributed by atoms with Crippen molar-refractivity contribution in [3.63, 3.8) is 0 Å². The first kappa shape index (κ1) is 18.0. The first-order valence-corrected chi connectivity index (χ1v) is 8.85. The minimum absolute atomic E-state index is 0. The van der Waals surface area contributed by atoms with Crippen LogP contribution in [0.5, 0.6) is 0 Å². The maximum absolute atomic E-state index is 13.1. The van der Waals surface area contributed by atoms with Crippen LogP contribution in [0.2, 0.25) is 0 Å². The molecule has 3 rings (SSSR count). The van der Waals surface area contributed by atoms with Gasteiger partial charge in [-0.15, -0.1) is 12.4 Å². The summed E-state index contributed by atoms with van der Waals surface area (Å²) in [6, 6.07) is 14.2. The highest BCUT2D eigenvalue weighted by molar-refractivity contribution is 7.85. The van der Waals surface area contributed by atoms with Crippen molar-refractivity contribution in [1.82, 2.24) is 5.32 Å². The lowest BCUT2D eigenvalue weighted by Gasteiger charge is -2.31. The van der Waals surface area contributed by atoms with Crippen LogP contribution < -0.4 is 10.2 Å². The third-order valence-corrected chi connectivity index (χ3v) is 5.66. The molecule has 0 aliphatic carbocycles. The lowest BCUT2D eigenvalue weighted by molar-refractivity contribution is 0.586. The highest BCUT2D eigenvalue weighted by atomic mass is 35.5. The molecule has 0 radical (unpaired) electrons. The second kappa shape index (κ2) is 7.95. The molecule has 0 amide bonds. The average Bonchev–Trinajstić information content (AvgIpc) is 2.55. The molecule has 23 heavy (non-hydrogen) atoms. The summed E-state index contributed by atoms with van der Waals surface area (Å²) in [5.41, 5.74) is 3.39. The molecule has 1 unspecified atom stereocenters. The average molecular weight is 351 g/mol. The molecule has 2 aromatic rings. The van der Waals surface area contributed by atoms with Gasteiger partial charge in [-0.3, -0.25) is 0 Å². The van der Waals surface area contributed by atoms with E-state index in [4.69, 9.17) is 0 Å². The van der Waals surface area contributed by atoms with Gasteiger partial charge in [0, 0.05) is 31.1 Å². The molecule has 0 spiro atoms. The van der Waals surface area contributed by atoms with Crippen LogP contribution in [-0.2, 0) is 10.8 Å². The van der Waals surface area contributed by atoms with E-state index in [1.54, 1.807) is 0 Å². The van der Waals surface area contributed by atoms with Gasteiger partial charge in [-0.1, -0.05) is 29.8 Å². The number of halogens is 1. The minimum Gasteiger partial charge on any atom is -0.368 e. The lowest BCUT2D eigenvalue weighted by Crippen LogP contribution is -2.43. The van der Waals surface area contributed by atoms with Gasteiger partial charge in [0.05, 0.1) is 21.4 Å². The van der Waals surface area contributed by atoms with Gasteiger partial charge < -0.3 is 10.2 Å². The number of benzene rings is 2. The van der Waals surface area contributed by atoms with Crippen LogP contribution in [0.25, 0.3) is 0 Å². The fraction of sp³-hybridized carbons (Fsp3) is 0.333. The minimum atomic E-state index is -1.14. The van der Waals surface area contributed by atoms with Crippen molar-refractivity contribution >= 4 is 28.9 Å². The van der Waals surface area contributed by atoms with Gasteiger partial charge in [-0.05, 0) is 37.6 Å². The Bertz CT molecular complexity index is 699. The molecule has 1 aliphatic rings. The molecule has 1 heterocycles. The van der Waals surface area contributed by atoms with Gasteiger partial charge in [0.2, 0.25) is 0 Å². The molecular formula is C18H23ClN2OS. The Hall–Kier alpha value is -1.36. The summed E-state index contributed by atoms with van der Waals surface area (Å²) in [6.45, 7) is 7.97. The highest BCUT2D eigenvalue weighted by Gasteiger charge is 2.19. The molecule has 2 aromatic carbocycles. The molecule has 1 N–H and O–H groups in total. The van der Waals surface area contributed by atoms with Crippen molar-refractivity contribution < 1.29 is 4.21 Å². The standard InChI is InChI=1S/C18H22N2OS.ClH/c1-14-7-8-17(15(2)13-14)22(21)18-6-4-3-5-16(18)20-11-9-19-10-12-20;/h3-8,13,19H,9-12H2,1-2H3;1H. The van der Waals surface area contributed by atoms with E-state index in [2.05, 4.69) is 29.3 Å². The van der Waals surface area contributed by atoms with Crippen molar-refractivity contribution in [2.24, 2.45) is 0 Å². The number of piperazine rings is 1. The van der Waals surface area contributed by atoms with Crippen LogP contribution in [0.1, 0.15) is 11.1 Å². The molecule has 0 aromatic heterocycles. The Morgan fingerprint density at radius 2 is 1.70 bits per heavy atom. The van der Waals surface area contributed by atoms with E-state index < -0.39 is 10.8 Å². The van der Waals surface area contributed by atoms with Crippen LogP contribution in [0.4, 0.5) is 5.69 Å². The second-order valence-corrected chi connectivity index (χ2v) is 7.16. The van der Waals surface area contributed by atoms with Crippen LogP contribution in [0.15, 0.2) is 52.3 Å². The van der Waals surface area contributed by atoms with Crippen LogP contribution in [-0.4, -0.2) is 30.4 Å². The molecule has 5 heteroatoms. The van der Waals surface area contributed by atoms with Crippen LogP contribution in [0.3, 0.4) is 0 Å². The van der Waals surface area contributed by atoms with E-state index in [9.17, 15) is 4.21 Å². The zero-order chi connectivity index (χ0) is 15.5. The maximum Gasteiger partial charge on any atom is 0.0873 e. The largest absolute Gasteiger partial charge is 0.368 e. The normalized spacial score (nSPS) is 15.8. The predicted molar refractivity (Wildman–Crippen MR) is 99.4 cm³/mol. The molecule has 0 bridgehead atoms. The van der Waals surface area contributed by atoms with Gasteiger partial charge >= 0.3 is 0 Å². The van der Waals surface area contributed by atoms with Crippen molar-refractivity contribution in [1.29, 1.82) is 0 Å². The third kappa shape index (κ3) is 3.94. The summed E-state index contributed by atoms with van der Waals surface area (Å²) in [5.74, 6) is 0. The first-order chi connectivity index (χ1) is 10.7. The molecule has 0 saturated carbocycles. The Balaban J connectivity index is 0.00000192. The molecule has 1 aliphatic heterocycles. The Kier molecular flexibility index (Phi) is 6.22. The molecule has 1 atom stereocenters. The fourth-order valence-corrected chi connectivity index (χ4v) is 4.28. The summed E-state index contributed by atoms with van der Waals surface area (Å²) in [4.78, 5) is 4.15. The number of anilines is 1. The zero-order valence-corrected chi connectivity index (χ0v) is 15.2. The van der Waals surface area contributed by atoms with Crippen molar-refractivity contribution in [3.8, 4) is 0 Å².